The van der Waals surface area contributed by atoms with Gasteiger partial charge in [-0.15, -0.1) is 0 Å². The molecule has 0 radical (unpaired) electrons. The molecule has 2 nitrogen and oxygen atoms in total. The Morgan fingerprint density at radius 2 is 1.87 bits per heavy atom. The lowest BCUT2D eigenvalue weighted by Gasteiger charge is -2.06. The molecule has 0 aliphatic carbocycles. The fourth-order valence-corrected chi connectivity index (χ4v) is 1.39. The van der Waals surface area contributed by atoms with E-state index < -0.39 is 18.1 Å². The van der Waals surface area contributed by atoms with Crippen LogP contribution in [0.2, 0.25) is 0 Å². The van der Waals surface area contributed by atoms with Crippen LogP contribution in [0, 0.1) is 0 Å². The van der Waals surface area contributed by atoms with Crippen molar-refractivity contribution in [3.8, 4) is 0 Å². The molecule has 1 atom stereocenters. The highest BCUT2D eigenvalue weighted by atomic mass is 19.4. The molecule has 0 saturated carbocycles. The van der Waals surface area contributed by atoms with Crippen LogP contribution in [-0.2, 0) is 0 Å². The van der Waals surface area contributed by atoms with Gasteiger partial charge in [-0.3, -0.25) is 4.79 Å². The number of carbonyl (C=O) groups is 1. The molecule has 5 heteroatoms. The standard InChI is InChI=1S/C10H8F3NO/c11-10(12,13)8-6-14(8)9(15)7-4-2-1-3-5-7/h1-5,8H,6H2. The van der Waals surface area contributed by atoms with Crippen LogP contribution in [0.5, 0.6) is 0 Å². The van der Waals surface area contributed by atoms with Gasteiger partial charge < -0.3 is 4.90 Å². The van der Waals surface area contributed by atoms with Crippen molar-refractivity contribution in [1.82, 2.24) is 4.90 Å². The summed E-state index contributed by atoms with van der Waals surface area (Å²) in [5.41, 5.74) is 0.296. The number of carbonyl (C=O) groups excluding carboxylic acids is 1. The summed E-state index contributed by atoms with van der Waals surface area (Å²) in [6, 6.07) is 6.38. The van der Waals surface area contributed by atoms with E-state index in [9.17, 15) is 18.0 Å². The topological polar surface area (TPSA) is 20.1 Å². The van der Waals surface area contributed by atoms with Crippen molar-refractivity contribution in [3.05, 3.63) is 35.9 Å². The van der Waals surface area contributed by atoms with E-state index in [2.05, 4.69) is 0 Å². The van der Waals surface area contributed by atoms with Gasteiger partial charge in [0.05, 0.1) is 6.54 Å². The Bertz CT molecular complexity index is 374. The van der Waals surface area contributed by atoms with Gasteiger partial charge in [0.1, 0.15) is 6.04 Å². The first kappa shape index (κ1) is 10.0. The largest absolute Gasteiger partial charge is 0.410 e. The van der Waals surface area contributed by atoms with Gasteiger partial charge in [0.25, 0.3) is 5.91 Å². The van der Waals surface area contributed by atoms with E-state index in [1.54, 1.807) is 18.2 Å². The van der Waals surface area contributed by atoms with Crippen molar-refractivity contribution in [2.45, 2.75) is 12.2 Å². The first-order valence-electron chi connectivity index (χ1n) is 4.43. The molecule has 1 heterocycles. The molecule has 1 amide bonds. The van der Waals surface area contributed by atoms with E-state index in [-0.39, 0.29) is 6.54 Å². The number of benzene rings is 1. The summed E-state index contributed by atoms with van der Waals surface area (Å²) in [4.78, 5) is 12.3. The minimum Gasteiger partial charge on any atom is -0.322 e. The molecule has 15 heavy (non-hydrogen) atoms. The van der Waals surface area contributed by atoms with E-state index in [1.807, 2.05) is 0 Å². The monoisotopic (exact) mass is 215 g/mol. The summed E-state index contributed by atoms with van der Waals surface area (Å²) in [5, 5.41) is 0. The summed E-state index contributed by atoms with van der Waals surface area (Å²) >= 11 is 0. The molecule has 1 unspecified atom stereocenters. The van der Waals surface area contributed by atoms with Crippen molar-refractivity contribution in [1.29, 1.82) is 0 Å². The number of halogens is 3. The number of nitrogens with zero attached hydrogens (tertiary/aromatic N) is 1. The van der Waals surface area contributed by atoms with Gasteiger partial charge in [0, 0.05) is 5.56 Å². The summed E-state index contributed by atoms with van der Waals surface area (Å²) in [6.07, 6.45) is -4.30. The maximum atomic E-state index is 12.2. The number of hydrogen-bond donors (Lipinski definition) is 0. The van der Waals surface area contributed by atoms with E-state index in [0.717, 1.165) is 4.90 Å². The Labute approximate surface area is 84.3 Å². The summed E-state index contributed by atoms with van der Waals surface area (Å²) in [5.74, 6) is -0.557. The molecule has 0 N–H and O–H groups in total. The van der Waals surface area contributed by atoms with Gasteiger partial charge in [-0.2, -0.15) is 13.2 Å². The average molecular weight is 215 g/mol. The van der Waals surface area contributed by atoms with Crippen LogP contribution < -0.4 is 0 Å². The molecule has 2 rings (SSSR count). The lowest BCUT2D eigenvalue weighted by molar-refractivity contribution is -0.134. The third-order valence-electron chi connectivity index (χ3n) is 2.27. The van der Waals surface area contributed by atoms with Crippen molar-refractivity contribution < 1.29 is 18.0 Å². The molecule has 0 bridgehead atoms. The van der Waals surface area contributed by atoms with Crippen LogP contribution in [-0.4, -0.2) is 29.6 Å². The molecule has 0 aromatic heterocycles. The average Bonchev–Trinajstić information content (AvgIpc) is 2.97. The molecule has 80 valence electrons. The third-order valence-corrected chi connectivity index (χ3v) is 2.27. The van der Waals surface area contributed by atoms with Crippen LogP contribution in [0.15, 0.2) is 30.3 Å². The maximum absolute atomic E-state index is 12.2. The fraction of sp³-hybridized carbons (Fsp3) is 0.300. The molecule has 1 aliphatic heterocycles. The fourth-order valence-electron chi connectivity index (χ4n) is 1.39. The molecular formula is C10H8F3NO. The predicted octanol–water partition coefficient (Wildman–Crippen LogP) is 2.07. The van der Waals surface area contributed by atoms with Gasteiger partial charge in [0.2, 0.25) is 0 Å². The first-order chi connectivity index (χ1) is 7.00. The summed E-state index contributed by atoms with van der Waals surface area (Å²) in [7, 11) is 0. The number of hydrogen-bond acceptors (Lipinski definition) is 1. The van der Waals surface area contributed by atoms with Gasteiger partial charge >= 0.3 is 6.18 Å². The van der Waals surface area contributed by atoms with Crippen LogP contribution >= 0.6 is 0 Å². The summed E-state index contributed by atoms with van der Waals surface area (Å²) in [6.45, 7) is -0.225. The second kappa shape index (κ2) is 3.25. The normalized spacial score (nSPS) is 20.2. The summed E-state index contributed by atoms with van der Waals surface area (Å²) < 4.78 is 36.5. The third kappa shape index (κ3) is 1.95. The second-order valence-electron chi connectivity index (χ2n) is 3.38. The Balaban J connectivity index is 2.07. The first-order valence-corrected chi connectivity index (χ1v) is 4.43. The molecule has 1 aromatic rings. The highest BCUT2D eigenvalue weighted by Crippen LogP contribution is 2.35. The van der Waals surface area contributed by atoms with Crippen molar-refractivity contribution in [2.75, 3.05) is 6.54 Å². The minimum atomic E-state index is -4.30. The molecule has 0 spiro atoms. The zero-order chi connectivity index (χ0) is 11.1. The van der Waals surface area contributed by atoms with E-state index in [0.29, 0.717) is 5.56 Å². The highest BCUT2D eigenvalue weighted by molar-refractivity contribution is 5.96. The highest BCUT2D eigenvalue weighted by Gasteiger charge is 2.56. The molecule has 1 aliphatic rings. The van der Waals surface area contributed by atoms with Gasteiger partial charge in [0.15, 0.2) is 0 Å². The molecular weight excluding hydrogens is 207 g/mol. The number of rotatable bonds is 1. The zero-order valence-electron chi connectivity index (χ0n) is 7.66. The minimum absolute atomic E-state index is 0.225. The van der Waals surface area contributed by atoms with Gasteiger partial charge in [-0.25, -0.2) is 0 Å². The number of alkyl halides is 3. The second-order valence-corrected chi connectivity index (χ2v) is 3.38. The van der Waals surface area contributed by atoms with Crippen molar-refractivity contribution in [2.24, 2.45) is 0 Å². The lowest BCUT2D eigenvalue weighted by Crippen LogP contribution is -2.24. The van der Waals surface area contributed by atoms with Gasteiger partial charge in [-0.05, 0) is 12.1 Å². The Morgan fingerprint density at radius 1 is 1.27 bits per heavy atom. The molecule has 1 aromatic carbocycles. The van der Waals surface area contributed by atoms with Gasteiger partial charge in [-0.1, -0.05) is 18.2 Å². The van der Waals surface area contributed by atoms with Crippen molar-refractivity contribution >= 4 is 5.91 Å². The molecule has 1 fully saturated rings. The van der Waals surface area contributed by atoms with E-state index >= 15 is 0 Å². The maximum Gasteiger partial charge on any atom is 0.410 e. The Kier molecular flexibility index (Phi) is 2.17. The number of amides is 1. The smallest absolute Gasteiger partial charge is 0.322 e. The van der Waals surface area contributed by atoms with Crippen molar-refractivity contribution in [3.63, 3.8) is 0 Å². The van der Waals surface area contributed by atoms with Crippen LogP contribution in [0.4, 0.5) is 13.2 Å². The lowest BCUT2D eigenvalue weighted by atomic mass is 10.2. The Morgan fingerprint density at radius 3 is 2.33 bits per heavy atom. The SMILES string of the molecule is O=C(c1ccccc1)N1CC1C(F)(F)F. The zero-order valence-corrected chi connectivity index (χ0v) is 7.66. The van der Waals surface area contributed by atoms with Crippen LogP contribution in [0.3, 0.4) is 0 Å². The van der Waals surface area contributed by atoms with E-state index in [4.69, 9.17) is 0 Å². The quantitative estimate of drug-likeness (QED) is 0.656. The predicted molar refractivity (Wildman–Crippen MR) is 47.3 cm³/mol. The molecule has 1 saturated heterocycles. The van der Waals surface area contributed by atoms with E-state index in [1.165, 1.54) is 12.1 Å². The van der Waals surface area contributed by atoms with Crippen LogP contribution in [0.25, 0.3) is 0 Å². The van der Waals surface area contributed by atoms with Crippen LogP contribution in [0.1, 0.15) is 10.4 Å². The Hall–Kier alpha value is -1.52.